The first kappa shape index (κ1) is 22.4. The van der Waals surface area contributed by atoms with Crippen molar-refractivity contribution in [3.8, 4) is 22.8 Å². The third kappa shape index (κ3) is 5.05. The molecular formula is C27H31N5O2. The smallest absolute Gasteiger partial charge is 0.247 e. The van der Waals surface area contributed by atoms with Crippen LogP contribution >= 0.6 is 0 Å². The molecule has 0 spiro atoms. The van der Waals surface area contributed by atoms with Gasteiger partial charge in [-0.2, -0.15) is 4.98 Å². The number of anilines is 1. The summed E-state index contributed by atoms with van der Waals surface area (Å²) in [5.41, 5.74) is 5.16. The summed E-state index contributed by atoms with van der Waals surface area (Å²) < 4.78 is 14.0. The molecular weight excluding hydrogens is 426 g/mol. The Morgan fingerprint density at radius 2 is 1.71 bits per heavy atom. The summed E-state index contributed by atoms with van der Waals surface area (Å²) in [6.45, 7) is 8.50. The molecule has 1 aliphatic heterocycles. The van der Waals surface area contributed by atoms with E-state index in [-0.39, 0.29) is 0 Å². The molecule has 0 atom stereocenters. The fraction of sp³-hybridized carbons (Fsp3) is 0.333. The van der Waals surface area contributed by atoms with Crippen LogP contribution in [-0.2, 0) is 11.3 Å². The monoisotopic (exact) mass is 457 g/mol. The van der Waals surface area contributed by atoms with Crippen molar-refractivity contribution in [2.75, 3.05) is 44.7 Å². The highest BCUT2D eigenvalue weighted by Crippen LogP contribution is 2.33. The van der Waals surface area contributed by atoms with Crippen LogP contribution in [0.5, 0.6) is 11.6 Å². The van der Waals surface area contributed by atoms with Crippen molar-refractivity contribution >= 4 is 16.7 Å². The summed E-state index contributed by atoms with van der Waals surface area (Å²) in [7, 11) is 0. The molecule has 34 heavy (non-hydrogen) atoms. The predicted molar refractivity (Wildman–Crippen MR) is 136 cm³/mol. The molecule has 0 unspecified atom stereocenters. The lowest BCUT2D eigenvalue weighted by Gasteiger charge is -2.26. The number of hydrogen-bond donors (Lipinski definition) is 1. The SMILES string of the molecule is CCNc1cn(CCCN2CCOCC2)c2c(Oc3ccc(-c4ccccc4)cc3)ncnc12. The normalized spacial score (nSPS) is 14.4. The number of aromatic nitrogens is 3. The van der Waals surface area contributed by atoms with Crippen molar-refractivity contribution in [1.82, 2.24) is 19.4 Å². The summed E-state index contributed by atoms with van der Waals surface area (Å²) in [5.74, 6) is 1.33. The molecule has 0 amide bonds. The Morgan fingerprint density at radius 1 is 0.941 bits per heavy atom. The Balaban J connectivity index is 1.38. The lowest BCUT2D eigenvalue weighted by molar-refractivity contribution is 0.0369. The van der Waals surface area contributed by atoms with Crippen LogP contribution in [-0.4, -0.2) is 58.8 Å². The molecule has 1 saturated heterocycles. The maximum Gasteiger partial charge on any atom is 0.247 e. The fourth-order valence-electron chi connectivity index (χ4n) is 4.42. The van der Waals surface area contributed by atoms with Gasteiger partial charge in [0.1, 0.15) is 23.1 Å². The van der Waals surface area contributed by atoms with Crippen molar-refractivity contribution in [2.24, 2.45) is 0 Å². The molecule has 0 bridgehead atoms. The lowest BCUT2D eigenvalue weighted by atomic mass is 10.1. The number of hydrogen-bond acceptors (Lipinski definition) is 6. The van der Waals surface area contributed by atoms with Crippen molar-refractivity contribution in [3.05, 3.63) is 67.1 Å². The highest BCUT2D eigenvalue weighted by atomic mass is 16.5. The fourth-order valence-corrected chi connectivity index (χ4v) is 4.42. The number of ether oxygens (including phenoxy) is 2. The van der Waals surface area contributed by atoms with Crippen LogP contribution in [0, 0.1) is 0 Å². The van der Waals surface area contributed by atoms with E-state index in [1.165, 1.54) is 5.56 Å². The molecule has 5 rings (SSSR count). The Kier molecular flexibility index (Phi) is 7.02. The van der Waals surface area contributed by atoms with E-state index in [0.29, 0.717) is 5.88 Å². The maximum absolute atomic E-state index is 6.28. The van der Waals surface area contributed by atoms with Crippen LogP contribution in [0.25, 0.3) is 22.2 Å². The van der Waals surface area contributed by atoms with E-state index >= 15 is 0 Å². The molecule has 0 aliphatic carbocycles. The topological polar surface area (TPSA) is 64.4 Å². The van der Waals surface area contributed by atoms with Crippen molar-refractivity contribution in [1.29, 1.82) is 0 Å². The second-order valence-electron chi connectivity index (χ2n) is 8.44. The Morgan fingerprint density at radius 3 is 2.47 bits per heavy atom. The molecule has 4 aromatic rings. The van der Waals surface area contributed by atoms with Gasteiger partial charge in [0.15, 0.2) is 0 Å². The van der Waals surface area contributed by atoms with E-state index < -0.39 is 0 Å². The average Bonchev–Trinajstić information content (AvgIpc) is 3.24. The average molecular weight is 458 g/mol. The number of fused-ring (bicyclic) bond motifs is 1. The minimum absolute atomic E-state index is 0.577. The molecule has 176 valence electrons. The number of rotatable bonds is 9. The molecule has 3 heterocycles. The molecule has 0 radical (unpaired) electrons. The molecule has 1 N–H and O–H groups in total. The van der Waals surface area contributed by atoms with E-state index in [2.05, 4.69) is 62.1 Å². The van der Waals surface area contributed by atoms with Gasteiger partial charge < -0.3 is 19.4 Å². The van der Waals surface area contributed by atoms with Crippen molar-refractivity contribution in [3.63, 3.8) is 0 Å². The quantitative estimate of drug-likeness (QED) is 0.380. The van der Waals surface area contributed by atoms with Gasteiger partial charge >= 0.3 is 0 Å². The second kappa shape index (κ2) is 10.7. The van der Waals surface area contributed by atoms with Crippen LogP contribution < -0.4 is 10.1 Å². The standard InChI is InChI=1S/C27H31N5O2/c1-2-28-24-19-32(14-6-13-31-15-17-33-18-16-31)26-25(24)29-20-30-27(26)34-23-11-9-22(10-12-23)21-7-4-3-5-8-21/h3-5,7-12,19-20,28H,2,6,13-18H2,1H3. The van der Waals surface area contributed by atoms with Gasteiger partial charge in [0, 0.05) is 38.9 Å². The van der Waals surface area contributed by atoms with Crippen molar-refractivity contribution < 1.29 is 9.47 Å². The molecule has 2 aromatic heterocycles. The summed E-state index contributed by atoms with van der Waals surface area (Å²) in [4.78, 5) is 11.5. The van der Waals surface area contributed by atoms with Gasteiger partial charge in [-0.25, -0.2) is 4.98 Å². The van der Waals surface area contributed by atoms with Crippen LogP contribution in [0.4, 0.5) is 5.69 Å². The lowest BCUT2D eigenvalue weighted by Crippen LogP contribution is -2.37. The molecule has 2 aromatic carbocycles. The van der Waals surface area contributed by atoms with E-state index in [1.807, 2.05) is 30.3 Å². The zero-order valence-corrected chi connectivity index (χ0v) is 19.6. The van der Waals surface area contributed by atoms with Crippen LogP contribution in [0.1, 0.15) is 13.3 Å². The minimum Gasteiger partial charge on any atom is -0.437 e. The number of morpholine rings is 1. The molecule has 1 fully saturated rings. The molecule has 7 heteroatoms. The summed E-state index contributed by atoms with van der Waals surface area (Å²) in [6.07, 6.45) is 4.75. The maximum atomic E-state index is 6.28. The van der Waals surface area contributed by atoms with E-state index in [9.17, 15) is 0 Å². The third-order valence-corrected chi connectivity index (χ3v) is 6.14. The Labute approximate surface area is 200 Å². The van der Waals surface area contributed by atoms with Gasteiger partial charge in [0.05, 0.1) is 18.9 Å². The Hall–Kier alpha value is -3.42. The van der Waals surface area contributed by atoms with Gasteiger partial charge in [-0.1, -0.05) is 42.5 Å². The van der Waals surface area contributed by atoms with Gasteiger partial charge in [0.25, 0.3) is 0 Å². The summed E-state index contributed by atoms with van der Waals surface area (Å²) >= 11 is 0. The van der Waals surface area contributed by atoms with Crippen LogP contribution in [0.2, 0.25) is 0 Å². The highest BCUT2D eigenvalue weighted by Gasteiger charge is 2.17. The summed E-state index contributed by atoms with van der Waals surface area (Å²) in [5, 5.41) is 3.43. The second-order valence-corrected chi connectivity index (χ2v) is 8.44. The largest absolute Gasteiger partial charge is 0.437 e. The molecule has 0 saturated carbocycles. The van der Waals surface area contributed by atoms with E-state index in [1.54, 1.807) is 6.33 Å². The first-order valence-corrected chi connectivity index (χ1v) is 12.0. The van der Waals surface area contributed by atoms with Crippen LogP contribution in [0.3, 0.4) is 0 Å². The third-order valence-electron chi connectivity index (χ3n) is 6.14. The number of benzene rings is 2. The van der Waals surface area contributed by atoms with Gasteiger partial charge in [-0.05, 0) is 36.6 Å². The number of nitrogens with one attached hydrogen (secondary N) is 1. The zero-order valence-electron chi connectivity index (χ0n) is 19.6. The van der Waals surface area contributed by atoms with Gasteiger partial charge in [-0.3, -0.25) is 4.90 Å². The minimum atomic E-state index is 0.577. The van der Waals surface area contributed by atoms with Crippen molar-refractivity contribution in [2.45, 2.75) is 19.9 Å². The van der Waals surface area contributed by atoms with Gasteiger partial charge in [0.2, 0.25) is 5.88 Å². The first-order chi connectivity index (χ1) is 16.8. The van der Waals surface area contributed by atoms with Crippen LogP contribution in [0.15, 0.2) is 67.1 Å². The first-order valence-electron chi connectivity index (χ1n) is 12.0. The summed E-state index contributed by atoms with van der Waals surface area (Å²) in [6, 6.07) is 18.5. The Bertz CT molecular complexity index is 1200. The zero-order chi connectivity index (χ0) is 23.2. The molecule has 7 nitrogen and oxygen atoms in total. The predicted octanol–water partition coefficient (Wildman–Crippen LogP) is 5.04. The van der Waals surface area contributed by atoms with E-state index in [4.69, 9.17) is 9.47 Å². The van der Waals surface area contributed by atoms with E-state index in [0.717, 1.165) is 80.4 Å². The molecule has 1 aliphatic rings. The number of nitrogens with zero attached hydrogens (tertiary/aromatic N) is 4. The highest BCUT2D eigenvalue weighted by molar-refractivity contribution is 5.92. The van der Waals surface area contributed by atoms with Gasteiger partial charge in [-0.15, -0.1) is 0 Å². The number of aryl methyl sites for hydroxylation is 1.